The van der Waals surface area contributed by atoms with Gasteiger partial charge in [-0.2, -0.15) is 0 Å². The van der Waals surface area contributed by atoms with Crippen molar-refractivity contribution in [2.75, 3.05) is 0 Å². The number of benzene rings is 1. The van der Waals surface area contributed by atoms with Crippen LogP contribution in [-0.2, 0) is 6.42 Å². The number of hydrogen-bond acceptors (Lipinski definition) is 1. The third kappa shape index (κ3) is 2.03. The van der Waals surface area contributed by atoms with Crippen molar-refractivity contribution in [3.05, 3.63) is 35.4 Å². The molecule has 1 fully saturated rings. The summed E-state index contributed by atoms with van der Waals surface area (Å²) in [5.41, 5.74) is 2.29. The van der Waals surface area contributed by atoms with Crippen LogP contribution in [0.25, 0.3) is 0 Å². The smallest absolute Gasteiger partial charge is 0.166 e. The highest BCUT2D eigenvalue weighted by Crippen LogP contribution is 2.37. The van der Waals surface area contributed by atoms with Crippen molar-refractivity contribution in [3.63, 3.8) is 0 Å². The topological polar surface area (TPSA) is 17.1 Å². The third-order valence-corrected chi connectivity index (χ3v) is 4.55. The van der Waals surface area contributed by atoms with Crippen molar-refractivity contribution in [2.24, 2.45) is 11.8 Å². The number of aryl methyl sites for hydroxylation is 1. The van der Waals surface area contributed by atoms with Gasteiger partial charge in [0.25, 0.3) is 0 Å². The summed E-state index contributed by atoms with van der Waals surface area (Å²) in [6, 6.07) is 8.23. The third-order valence-electron chi connectivity index (χ3n) is 4.55. The number of rotatable bonds is 1. The molecule has 0 aliphatic heterocycles. The van der Waals surface area contributed by atoms with Gasteiger partial charge in [0.05, 0.1) is 0 Å². The first-order chi connectivity index (χ1) is 8.36. The van der Waals surface area contributed by atoms with E-state index in [0.29, 0.717) is 17.6 Å². The second-order valence-corrected chi connectivity index (χ2v) is 5.56. The highest BCUT2D eigenvalue weighted by Gasteiger charge is 2.33. The molecule has 1 heteroatoms. The number of fused-ring (bicyclic) bond motifs is 1. The highest BCUT2D eigenvalue weighted by molar-refractivity contribution is 5.99. The van der Waals surface area contributed by atoms with Crippen LogP contribution in [0.3, 0.4) is 0 Å². The Balaban J connectivity index is 1.91. The van der Waals surface area contributed by atoms with Crippen molar-refractivity contribution in [3.8, 4) is 0 Å². The van der Waals surface area contributed by atoms with E-state index in [-0.39, 0.29) is 0 Å². The summed E-state index contributed by atoms with van der Waals surface area (Å²) < 4.78 is 0. The van der Waals surface area contributed by atoms with Gasteiger partial charge in [-0.1, -0.05) is 37.1 Å². The molecule has 1 nitrogen and oxygen atoms in total. The van der Waals surface area contributed by atoms with Crippen molar-refractivity contribution < 1.29 is 4.79 Å². The molecule has 0 N–H and O–H groups in total. The first-order valence-electron chi connectivity index (χ1n) is 6.98. The lowest BCUT2D eigenvalue weighted by molar-refractivity contribution is 0.0867. The molecule has 2 aliphatic rings. The largest absolute Gasteiger partial charge is 0.294 e. The number of Topliss-reactive ketones (excluding diaryl/α,β-unsaturated/α-hetero) is 1. The molecule has 0 saturated heterocycles. The van der Waals surface area contributed by atoms with Gasteiger partial charge in [0.2, 0.25) is 0 Å². The maximum atomic E-state index is 12.6. The average Bonchev–Trinajstić information content (AvgIpc) is 2.83. The second-order valence-electron chi connectivity index (χ2n) is 5.56. The summed E-state index contributed by atoms with van der Waals surface area (Å²) >= 11 is 0. The number of carbonyl (C=O) groups is 1. The number of hydrogen-bond donors (Lipinski definition) is 0. The van der Waals surface area contributed by atoms with Gasteiger partial charge in [-0.05, 0) is 43.6 Å². The number of ketones is 1. The SMILES string of the molecule is O=C1c2ccccc2CCCC1C1CCCC1. The van der Waals surface area contributed by atoms with E-state index in [2.05, 4.69) is 12.1 Å². The Bertz CT molecular complexity index is 415. The Morgan fingerprint density at radius 1 is 0.941 bits per heavy atom. The van der Waals surface area contributed by atoms with E-state index >= 15 is 0 Å². The Kier molecular flexibility index (Phi) is 3.00. The van der Waals surface area contributed by atoms with Crippen molar-refractivity contribution in [2.45, 2.75) is 44.9 Å². The lowest BCUT2D eigenvalue weighted by atomic mass is 9.83. The van der Waals surface area contributed by atoms with Crippen LogP contribution in [0.1, 0.15) is 54.4 Å². The average molecular weight is 228 g/mol. The van der Waals surface area contributed by atoms with E-state index < -0.39 is 0 Å². The Labute approximate surface area is 103 Å². The molecule has 0 radical (unpaired) electrons. The normalized spacial score (nSPS) is 25.6. The van der Waals surface area contributed by atoms with Crippen molar-refractivity contribution in [1.82, 2.24) is 0 Å². The van der Waals surface area contributed by atoms with Gasteiger partial charge >= 0.3 is 0 Å². The van der Waals surface area contributed by atoms with Gasteiger partial charge in [0.15, 0.2) is 5.78 Å². The molecule has 1 atom stereocenters. The van der Waals surface area contributed by atoms with E-state index in [1.54, 1.807) is 0 Å². The van der Waals surface area contributed by atoms with Gasteiger partial charge in [0.1, 0.15) is 0 Å². The second kappa shape index (κ2) is 4.64. The van der Waals surface area contributed by atoms with Crippen LogP contribution >= 0.6 is 0 Å². The van der Waals surface area contributed by atoms with E-state index in [9.17, 15) is 4.79 Å². The van der Waals surface area contributed by atoms with E-state index in [4.69, 9.17) is 0 Å². The van der Waals surface area contributed by atoms with Crippen molar-refractivity contribution >= 4 is 5.78 Å². The number of carbonyl (C=O) groups excluding carboxylic acids is 1. The lowest BCUT2D eigenvalue weighted by Crippen LogP contribution is -2.21. The fourth-order valence-electron chi connectivity index (χ4n) is 3.63. The Morgan fingerprint density at radius 3 is 2.53 bits per heavy atom. The van der Waals surface area contributed by atoms with E-state index in [0.717, 1.165) is 18.4 Å². The van der Waals surface area contributed by atoms with Crippen LogP contribution in [0.4, 0.5) is 0 Å². The van der Waals surface area contributed by atoms with Crippen LogP contribution in [0, 0.1) is 11.8 Å². The lowest BCUT2D eigenvalue weighted by Gasteiger charge is -2.20. The minimum Gasteiger partial charge on any atom is -0.294 e. The molecule has 3 rings (SSSR count). The minimum absolute atomic E-state index is 0.321. The molecule has 0 heterocycles. The zero-order valence-electron chi connectivity index (χ0n) is 10.3. The predicted molar refractivity (Wildman–Crippen MR) is 69.2 cm³/mol. The summed E-state index contributed by atoms with van der Waals surface area (Å²) in [5.74, 6) is 1.43. The van der Waals surface area contributed by atoms with Crippen LogP contribution in [-0.4, -0.2) is 5.78 Å². The van der Waals surface area contributed by atoms with Gasteiger partial charge in [-0.3, -0.25) is 4.79 Å². The molecule has 90 valence electrons. The molecule has 1 unspecified atom stereocenters. The molecule has 0 bridgehead atoms. The highest BCUT2D eigenvalue weighted by atomic mass is 16.1. The fraction of sp³-hybridized carbons (Fsp3) is 0.562. The van der Waals surface area contributed by atoms with Crippen LogP contribution in [0.5, 0.6) is 0 Å². The molecule has 1 aromatic rings. The predicted octanol–water partition coefficient (Wildman–Crippen LogP) is 4.01. The first kappa shape index (κ1) is 11.0. The molecule has 1 aromatic carbocycles. The molecule has 0 amide bonds. The maximum absolute atomic E-state index is 12.6. The first-order valence-corrected chi connectivity index (χ1v) is 6.98. The fourth-order valence-corrected chi connectivity index (χ4v) is 3.63. The molecule has 1 saturated carbocycles. The minimum atomic E-state index is 0.321. The van der Waals surface area contributed by atoms with Crippen LogP contribution < -0.4 is 0 Å². The van der Waals surface area contributed by atoms with Crippen LogP contribution in [0.15, 0.2) is 24.3 Å². The molecule has 0 spiro atoms. The maximum Gasteiger partial charge on any atom is 0.166 e. The van der Waals surface area contributed by atoms with Gasteiger partial charge in [0, 0.05) is 11.5 Å². The van der Waals surface area contributed by atoms with Crippen molar-refractivity contribution in [1.29, 1.82) is 0 Å². The zero-order valence-corrected chi connectivity index (χ0v) is 10.3. The summed E-state index contributed by atoms with van der Waals surface area (Å²) in [6.45, 7) is 0. The Morgan fingerprint density at radius 2 is 1.71 bits per heavy atom. The zero-order chi connectivity index (χ0) is 11.7. The monoisotopic (exact) mass is 228 g/mol. The van der Waals surface area contributed by atoms with Gasteiger partial charge < -0.3 is 0 Å². The molecule has 17 heavy (non-hydrogen) atoms. The molecule has 0 aromatic heterocycles. The standard InChI is InChI=1S/C16H20O/c17-16-14-10-4-3-8-13(14)9-5-11-15(16)12-6-1-2-7-12/h3-4,8,10,12,15H,1-2,5-7,9,11H2. The quantitative estimate of drug-likeness (QED) is 0.664. The molecular formula is C16H20O. The van der Waals surface area contributed by atoms with Gasteiger partial charge in [-0.25, -0.2) is 0 Å². The molecule has 2 aliphatic carbocycles. The summed E-state index contributed by atoms with van der Waals surface area (Å²) in [4.78, 5) is 12.6. The van der Waals surface area contributed by atoms with Crippen LogP contribution in [0.2, 0.25) is 0 Å². The summed E-state index contributed by atoms with van der Waals surface area (Å²) in [6.07, 6.45) is 8.59. The summed E-state index contributed by atoms with van der Waals surface area (Å²) in [7, 11) is 0. The van der Waals surface area contributed by atoms with Gasteiger partial charge in [-0.15, -0.1) is 0 Å². The van der Waals surface area contributed by atoms with E-state index in [1.807, 2.05) is 12.1 Å². The molecular weight excluding hydrogens is 208 g/mol. The summed E-state index contributed by atoms with van der Waals surface area (Å²) in [5, 5.41) is 0. The van der Waals surface area contributed by atoms with E-state index in [1.165, 1.54) is 37.7 Å². The Hall–Kier alpha value is -1.11.